The van der Waals surface area contributed by atoms with Gasteiger partial charge in [-0.05, 0) is 35.7 Å². The van der Waals surface area contributed by atoms with Gasteiger partial charge in [-0.1, -0.05) is 30.3 Å². The van der Waals surface area contributed by atoms with E-state index in [1.54, 1.807) is 7.11 Å². The highest BCUT2D eigenvalue weighted by atomic mass is 16.5. The van der Waals surface area contributed by atoms with E-state index in [4.69, 9.17) is 4.74 Å². The lowest BCUT2D eigenvalue weighted by molar-refractivity contribution is -0.117. The number of nitrogens with one attached hydrogen (secondary N) is 1. The van der Waals surface area contributed by atoms with Crippen molar-refractivity contribution in [1.82, 2.24) is 0 Å². The van der Waals surface area contributed by atoms with Crippen LogP contribution in [-0.2, 0) is 11.2 Å². The molecule has 1 atom stereocenters. The number of amides is 1. The highest BCUT2D eigenvalue weighted by Crippen LogP contribution is 2.32. The molecule has 0 saturated heterocycles. The number of methoxy groups -OCH3 is 1. The molecule has 3 nitrogen and oxygen atoms in total. The molecule has 0 aromatic heterocycles. The van der Waals surface area contributed by atoms with Crippen LogP contribution in [0.2, 0.25) is 0 Å². The van der Waals surface area contributed by atoms with Gasteiger partial charge in [-0.15, -0.1) is 0 Å². The lowest BCUT2D eigenvalue weighted by Gasteiger charge is -2.25. The predicted octanol–water partition coefficient (Wildman–Crippen LogP) is 2.97. The van der Waals surface area contributed by atoms with Crippen LogP contribution in [0.3, 0.4) is 0 Å². The van der Waals surface area contributed by atoms with E-state index in [1.807, 2.05) is 42.5 Å². The molecule has 0 radical (unpaired) electrons. The van der Waals surface area contributed by atoms with E-state index in [0.29, 0.717) is 0 Å². The highest BCUT2D eigenvalue weighted by molar-refractivity contribution is 5.99. The number of carbonyl (C=O) groups excluding carboxylic acids is 1. The molecule has 96 valence electrons. The molecule has 1 amide bonds. The Labute approximate surface area is 112 Å². The van der Waals surface area contributed by atoms with Crippen molar-refractivity contribution in [2.45, 2.75) is 12.3 Å². The maximum atomic E-state index is 12.2. The summed E-state index contributed by atoms with van der Waals surface area (Å²) in [6.07, 6.45) is 0.731. The van der Waals surface area contributed by atoms with Crippen LogP contribution in [0.5, 0.6) is 5.75 Å². The molecule has 19 heavy (non-hydrogen) atoms. The molecule has 0 saturated carbocycles. The fourth-order valence-corrected chi connectivity index (χ4v) is 2.48. The van der Waals surface area contributed by atoms with Crippen molar-refractivity contribution in [2.75, 3.05) is 12.4 Å². The molecular formula is C16H15NO2. The van der Waals surface area contributed by atoms with Crippen LogP contribution in [0.1, 0.15) is 17.0 Å². The fourth-order valence-electron chi connectivity index (χ4n) is 2.48. The van der Waals surface area contributed by atoms with Gasteiger partial charge in [0.1, 0.15) is 5.75 Å². The van der Waals surface area contributed by atoms with E-state index in [-0.39, 0.29) is 11.8 Å². The molecule has 2 aromatic carbocycles. The van der Waals surface area contributed by atoms with Crippen LogP contribution in [0.15, 0.2) is 48.5 Å². The number of ether oxygens (including phenoxy) is 1. The van der Waals surface area contributed by atoms with Crippen molar-refractivity contribution >= 4 is 11.6 Å². The molecule has 0 fully saturated rings. The van der Waals surface area contributed by atoms with E-state index in [0.717, 1.165) is 23.4 Å². The number of anilines is 1. The first-order valence-electron chi connectivity index (χ1n) is 6.30. The van der Waals surface area contributed by atoms with Crippen LogP contribution in [0, 0.1) is 0 Å². The summed E-state index contributed by atoms with van der Waals surface area (Å²) in [6.45, 7) is 0. The molecule has 0 aliphatic carbocycles. The summed E-state index contributed by atoms with van der Waals surface area (Å²) in [7, 11) is 1.63. The second-order valence-electron chi connectivity index (χ2n) is 4.68. The van der Waals surface area contributed by atoms with E-state index >= 15 is 0 Å². The number of para-hydroxylation sites is 1. The van der Waals surface area contributed by atoms with Crippen molar-refractivity contribution < 1.29 is 9.53 Å². The normalized spacial score (nSPS) is 17.5. The van der Waals surface area contributed by atoms with E-state index in [1.165, 1.54) is 5.56 Å². The Balaban J connectivity index is 1.96. The zero-order valence-electron chi connectivity index (χ0n) is 10.7. The minimum Gasteiger partial charge on any atom is -0.497 e. The Kier molecular flexibility index (Phi) is 2.95. The quantitative estimate of drug-likeness (QED) is 0.893. The van der Waals surface area contributed by atoms with Crippen molar-refractivity contribution in [3.8, 4) is 5.75 Å². The summed E-state index contributed by atoms with van der Waals surface area (Å²) < 4.78 is 5.22. The van der Waals surface area contributed by atoms with E-state index in [9.17, 15) is 4.79 Å². The summed E-state index contributed by atoms with van der Waals surface area (Å²) in [5.41, 5.74) is 3.09. The third kappa shape index (κ3) is 2.19. The lowest BCUT2D eigenvalue weighted by atomic mass is 9.87. The third-order valence-electron chi connectivity index (χ3n) is 3.51. The third-order valence-corrected chi connectivity index (χ3v) is 3.51. The Morgan fingerprint density at radius 3 is 2.84 bits per heavy atom. The van der Waals surface area contributed by atoms with Crippen LogP contribution < -0.4 is 10.1 Å². The molecule has 1 aliphatic rings. The van der Waals surface area contributed by atoms with Gasteiger partial charge < -0.3 is 10.1 Å². The number of benzene rings is 2. The van der Waals surface area contributed by atoms with Crippen molar-refractivity contribution in [3.05, 3.63) is 59.7 Å². The second kappa shape index (κ2) is 4.76. The monoisotopic (exact) mass is 253 g/mol. The second-order valence-corrected chi connectivity index (χ2v) is 4.68. The molecule has 0 unspecified atom stereocenters. The molecule has 1 heterocycles. The largest absolute Gasteiger partial charge is 0.497 e. The van der Waals surface area contributed by atoms with E-state index < -0.39 is 0 Å². The number of carbonyl (C=O) groups is 1. The molecule has 0 spiro atoms. The zero-order valence-corrected chi connectivity index (χ0v) is 10.7. The van der Waals surface area contributed by atoms with Gasteiger partial charge in [-0.2, -0.15) is 0 Å². The summed E-state index contributed by atoms with van der Waals surface area (Å²) in [5.74, 6) is 0.682. The van der Waals surface area contributed by atoms with Gasteiger partial charge in [0.25, 0.3) is 0 Å². The Morgan fingerprint density at radius 2 is 2.00 bits per heavy atom. The molecule has 0 bridgehead atoms. The summed E-state index contributed by atoms with van der Waals surface area (Å²) in [5, 5.41) is 2.97. The van der Waals surface area contributed by atoms with E-state index in [2.05, 4.69) is 11.4 Å². The van der Waals surface area contributed by atoms with Crippen molar-refractivity contribution in [3.63, 3.8) is 0 Å². The highest BCUT2D eigenvalue weighted by Gasteiger charge is 2.27. The number of hydrogen-bond donors (Lipinski definition) is 1. The first kappa shape index (κ1) is 11.8. The van der Waals surface area contributed by atoms with Gasteiger partial charge in [0, 0.05) is 5.69 Å². The maximum absolute atomic E-state index is 12.2. The first-order valence-corrected chi connectivity index (χ1v) is 6.30. The van der Waals surface area contributed by atoms with Crippen LogP contribution in [0.4, 0.5) is 5.69 Å². The molecule has 1 aliphatic heterocycles. The Hall–Kier alpha value is -2.29. The Bertz CT molecular complexity index is 622. The van der Waals surface area contributed by atoms with Crippen LogP contribution >= 0.6 is 0 Å². The predicted molar refractivity (Wildman–Crippen MR) is 74.5 cm³/mol. The maximum Gasteiger partial charge on any atom is 0.232 e. The average Bonchev–Trinajstić information content (AvgIpc) is 2.46. The van der Waals surface area contributed by atoms with Gasteiger partial charge in [-0.3, -0.25) is 4.79 Å². The SMILES string of the molecule is COc1cccc([C@H]2Cc3ccccc3NC2=O)c1. The number of fused-ring (bicyclic) bond motifs is 1. The van der Waals surface area contributed by atoms with Crippen molar-refractivity contribution in [1.29, 1.82) is 0 Å². The smallest absolute Gasteiger partial charge is 0.232 e. The summed E-state index contributed by atoms with van der Waals surface area (Å²) >= 11 is 0. The first-order chi connectivity index (χ1) is 9.28. The minimum atomic E-state index is -0.148. The average molecular weight is 253 g/mol. The molecule has 3 rings (SSSR count). The molecule has 1 N–H and O–H groups in total. The number of rotatable bonds is 2. The van der Waals surface area contributed by atoms with Gasteiger partial charge >= 0.3 is 0 Å². The molecule has 2 aromatic rings. The van der Waals surface area contributed by atoms with Crippen LogP contribution in [-0.4, -0.2) is 13.0 Å². The zero-order chi connectivity index (χ0) is 13.2. The molecular weight excluding hydrogens is 238 g/mol. The minimum absolute atomic E-state index is 0.0481. The van der Waals surface area contributed by atoms with Gasteiger partial charge in [0.2, 0.25) is 5.91 Å². The van der Waals surface area contributed by atoms with Crippen molar-refractivity contribution in [2.24, 2.45) is 0 Å². The topological polar surface area (TPSA) is 38.3 Å². The van der Waals surface area contributed by atoms with Gasteiger partial charge in [0.05, 0.1) is 13.0 Å². The standard InChI is InChI=1S/C16H15NO2/c1-19-13-7-4-6-11(9-13)14-10-12-5-2-3-8-15(12)17-16(14)18/h2-9,14H,10H2,1H3,(H,17,18)/t14-/m1/s1. The fraction of sp³-hybridized carbons (Fsp3) is 0.188. The summed E-state index contributed by atoms with van der Waals surface area (Å²) in [6, 6.07) is 15.6. The summed E-state index contributed by atoms with van der Waals surface area (Å²) in [4.78, 5) is 12.2. The number of hydrogen-bond acceptors (Lipinski definition) is 2. The van der Waals surface area contributed by atoms with Crippen LogP contribution in [0.25, 0.3) is 0 Å². The lowest BCUT2D eigenvalue weighted by Crippen LogP contribution is -2.28. The molecule has 3 heteroatoms. The Morgan fingerprint density at radius 1 is 1.16 bits per heavy atom. The van der Waals surface area contributed by atoms with Gasteiger partial charge in [0.15, 0.2) is 0 Å². The van der Waals surface area contributed by atoms with Gasteiger partial charge in [-0.25, -0.2) is 0 Å².